The number of carbonyl (C=O) groups excluding carboxylic acids is 1. The molecule has 4 nitrogen and oxygen atoms in total. The maximum atomic E-state index is 13.4. The van der Waals surface area contributed by atoms with Gasteiger partial charge in [-0.1, -0.05) is 57.9 Å². The molecule has 1 aliphatic carbocycles. The number of rotatable bonds is 7. The van der Waals surface area contributed by atoms with Gasteiger partial charge in [-0.2, -0.15) is 0 Å². The van der Waals surface area contributed by atoms with Crippen LogP contribution in [-0.4, -0.2) is 12.1 Å². The molecule has 1 heterocycles. The number of hydrogen-bond acceptors (Lipinski definition) is 4. The molecule has 1 N–H and O–H groups in total. The maximum Gasteiger partial charge on any atom is 0.259 e. The van der Waals surface area contributed by atoms with Gasteiger partial charge >= 0.3 is 0 Å². The van der Waals surface area contributed by atoms with Crippen LogP contribution in [0.15, 0.2) is 82.3 Å². The summed E-state index contributed by atoms with van der Waals surface area (Å²) in [6.07, 6.45) is 5.93. The molecule has 0 radical (unpaired) electrons. The van der Waals surface area contributed by atoms with E-state index in [-0.39, 0.29) is 5.91 Å². The molecule has 0 unspecified atom stereocenters. The molecule has 182 valence electrons. The summed E-state index contributed by atoms with van der Waals surface area (Å²) in [5, 5.41) is 4.48. The van der Waals surface area contributed by atoms with E-state index in [0.29, 0.717) is 22.9 Å². The Hall–Kier alpha value is -2.93. The van der Waals surface area contributed by atoms with Gasteiger partial charge in [-0.15, -0.1) is 11.3 Å². The second-order valence-corrected chi connectivity index (χ2v) is 11.0. The highest BCUT2D eigenvalue weighted by Crippen LogP contribution is 2.40. The Balaban J connectivity index is 1.43. The van der Waals surface area contributed by atoms with Crippen LogP contribution >= 0.6 is 38.9 Å². The number of halogens is 2. The van der Waals surface area contributed by atoms with Crippen molar-refractivity contribution in [1.29, 1.82) is 0 Å². The van der Waals surface area contributed by atoms with Crippen LogP contribution in [-0.2, 0) is 19.4 Å². The van der Waals surface area contributed by atoms with Crippen molar-refractivity contribution in [3.63, 3.8) is 0 Å². The van der Waals surface area contributed by atoms with Crippen molar-refractivity contribution in [2.45, 2.75) is 32.3 Å². The van der Waals surface area contributed by atoms with E-state index in [1.165, 1.54) is 4.88 Å². The molecule has 3 aromatic carbocycles. The zero-order valence-electron chi connectivity index (χ0n) is 19.5. The number of nitrogens with one attached hydrogen (secondary N) is 1. The third-order valence-electron chi connectivity index (χ3n) is 6.01. The summed E-state index contributed by atoms with van der Waals surface area (Å²) < 4.78 is 7.04. The summed E-state index contributed by atoms with van der Waals surface area (Å²) in [5.74, 6) is 0.606. The Morgan fingerprint density at radius 1 is 1.06 bits per heavy atom. The van der Waals surface area contributed by atoms with Crippen LogP contribution in [0.2, 0.25) is 5.02 Å². The third-order valence-corrected chi connectivity index (χ3v) is 7.96. The fraction of sp³-hybridized carbons (Fsp3) is 0.172. The lowest BCUT2D eigenvalue weighted by molar-refractivity contribution is 0.102. The third kappa shape index (κ3) is 5.89. The fourth-order valence-electron chi connectivity index (χ4n) is 4.21. The van der Waals surface area contributed by atoms with Crippen LogP contribution in [0.4, 0.5) is 10.7 Å². The molecule has 0 spiro atoms. The number of benzene rings is 3. The number of amides is 1. The number of aryl methyl sites for hydroxylation is 1. The minimum absolute atomic E-state index is 0.110. The Morgan fingerprint density at radius 3 is 2.64 bits per heavy atom. The van der Waals surface area contributed by atoms with Crippen LogP contribution in [0, 0.1) is 0 Å². The number of nitrogens with zero attached hydrogens (tertiary/aromatic N) is 1. The maximum absolute atomic E-state index is 13.4. The summed E-state index contributed by atoms with van der Waals surface area (Å²) in [4.78, 5) is 19.5. The largest absolute Gasteiger partial charge is 0.488 e. The first-order valence-corrected chi connectivity index (χ1v) is 13.8. The highest BCUT2D eigenvalue weighted by molar-refractivity contribution is 9.10. The van der Waals surface area contributed by atoms with Gasteiger partial charge in [0, 0.05) is 31.8 Å². The van der Waals surface area contributed by atoms with Crippen molar-refractivity contribution in [2.24, 2.45) is 4.99 Å². The summed E-state index contributed by atoms with van der Waals surface area (Å²) in [6, 6.07) is 23.0. The van der Waals surface area contributed by atoms with E-state index in [1.807, 2.05) is 72.8 Å². The molecule has 0 saturated heterocycles. The lowest BCUT2D eigenvalue weighted by Crippen LogP contribution is -2.14. The van der Waals surface area contributed by atoms with Crippen LogP contribution < -0.4 is 10.1 Å². The second kappa shape index (κ2) is 11.4. The SMILES string of the molecule is O=C(Nc1ccccc1)c1c(N=Cc2cc(Br)ccc2OCc2ccc(Cl)cc2)sc2c1CCCC2. The first kappa shape index (κ1) is 24.8. The van der Waals surface area contributed by atoms with E-state index >= 15 is 0 Å². The van der Waals surface area contributed by atoms with Crippen LogP contribution in [0.1, 0.15) is 44.8 Å². The van der Waals surface area contributed by atoms with Crippen molar-refractivity contribution in [2.75, 3.05) is 5.32 Å². The number of thiophene rings is 1. The number of ether oxygens (including phenoxy) is 1. The second-order valence-electron chi connectivity index (χ2n) is 8.57. The van der Waals surface area contributed by atoms with Gasteiger partial charge in [-0.25, -0.2) is 4.99 Å². The van der Waals surface area contributed by atoms with Crippen LogP contribution in [0.25, 0.3) is 0 Å². The normalized spacial score (nSPS) is 12.9. The Kier molecular flexibility index (Phi) is 7.85. The molecule has 36 heavy (non-hydrogen) atoms. The van der Waals surface area contributed by atoms with Gasteiger partial charge in [-0.3, -0.25) is 4.79 Å². The van der Waals surface area contributed by atoms with Gasteiger partial charge in [-0.05, 0) is 79.3 Å². The summed E-state index contributed by atoms with van der Waals surface area (Å²) in [5.41, 5.74) is 4.46. The Morgan fingerprint density at radius 2 is 1.83 bits per heavy atom. The molecule has 0 fully saturated rings. The van der Waals surface area contributed by atoms with E-state index < -0.39 is 0 Å². The average Bonchev–Trinajstić information content (AvgIpc) is 3.27. The quantitative estimate of drug-likeness (QED) is 0.223. The lowest BCUT2D eigenvalue weighted by Gasteiger charge is -2.13. The highest BCUT2D eigenvalue weighted by Gasteiger charge is 2.25. The topological polar surface area (TPSA) is 50.7 Å². The summed E-state index contributed by atoms with van der Waals surface area (Å²) in [7, 11) is 0. The molecule has 7 heteroatoms. The number of para-hydroxylation sites is 1. The van der Waals surface area contributed by atoms with E-state index in [4.69, 9.17) is 21.3 Å². The molecule has 0 saturated carbocycles. The lowest BCUT2D eigenvalue weighted by atomic mass is 9.95. The predicted molar refractivity (Wildman–Crippen MR) is 153 cm³/mol. The molecular formula is C29H24BrClN2O2S. The standard InChI is InChI=1S/C29H24BrClN2O2S/c30-21-12-15-25(35-18-19-10-13-22(31)14-11-19)20(16-21)17-32-29-27(24-8-4-5-9-26(24)36-29)28(34)33-23-6-2-1-3-7-23/h1-3,6-7,10-17H,4-5,8-9,18H2,(H,33,34). The molecule has 0 bridgehead atoms. The van der Waals surface area contributed by atoms with Crippen molar-refractivity contribution in [1.82, 2.24) is 0 Å². The fourth-order valence-corrected chi connectivity index (χ4v) is 5.95. The van der Waals surface area contributed by atoms with Gasteiger partial charge in [0.05, 0.1) is 5.56 Å². The Bertz CT molecular complexity index is 1400. The molecule has 5 rings (SSSR count). The average molecular weight is 580 g/mol. The van der Waals surface area contributed by atoms with Crippen LogP contribution in [0.5, 0.6) is 5.75 Å². The molecule has 1 amide bonds. The van der Waals surface area contributed by atoms with E-state index in [2.05, 4.69) is 21.2 Å². The molecular weight excluding hydrogens is 556 g/mol. The molecule has 0 aliphatic heterocycles. The molecule has 1 aliphatic rings. The van der Waals surface area contributed by atoms with E-state index in [9.17, 15) is 4.79 Å². The van der Waals surface area contributed by atoms with E-state index in [1.54, 1.807) is 17.6 Å². The van der Waals surface area contributed by atoms with Crippen molar-refractivity contribution in [3.05, 3.63) is 109 Å². The zero-order chi connectivity index (χ0) is 24.9. The number of anilines is 1. The first-order valence-electron chi connectivity index (χ1n) is 11.8. The first-order chi connectivity index (χ1) is 17.6. The minimum atomic E-state index is -0.110. The predicted octanol–water partition coefficient (Wildman–Crippen LogP) is 8.62. The monoisotopic (exact) mass is 578 g/mol. The Labute approximate surface area is 228 Å². The van der Waals surface area contributed by atoms with Crippen LogP contribution in [0.3, 0.4) is 0 Å². The van der Waals surface area contributed by atoms with Gasteiger partial charge in [0.25, 0.3) is 5.91 Å². The van der Waals surface area contributed by atoms with Gasteiger partial charge in [0.1, 0.15) is 17.4 Å². The molecule has 0 atom stereocenters. The van der Waals surface area contributed by atoms with Gasteiger partial charge in [0.15, 0.2) is 0 Å². The summed E-state index contributed by atoms with van der Waals surface area (Å²) in [6.45, 7) is 0.414. The van der Waals surface area contributed by atoms with Gasteiger partial charge < -0.3 is 10.1 Å². The number of aliphatic imine (C=N–C) groups is 1. The zero-order valence-corrected chi connectivity index (χ0v) is 22.6. The summed E-state index contributed by atoms with van der Waals surface area (Å²) >= 11 is 11.2. The number of hydrogen-bond donors (Lipinski definition) is 1. The number of fused-ring (bicyclic) bond motifs is 1. The minimum Gasteiger partial charge on any atom is -0.488 e. The molecule has 1 aromatic heterocycles. The van der Waals surface area contributed by atoms with Gasteiger partial charge in [0.2, 0.25) is 0 Å². The van der Waals surface area contributed by atoms with Crippen molar-refractivity contribution in [3.8, 4) is 5.75 Å². The van der Waals surface area contributed by atoms with E-state index in [0.717, 1.165) is 57.5 Å². The molecule has 4 aromatic rings. The highest BCUT2D eigenvalue weighted by atomic mass is 79.9. The number of carbonyl (C=O) groups is 1. The van der Waals surface area contributed by atoms with Crippen molar-refractivity contribution < 1.29 is 9.53 Å². The smallest absolute Gasteiger partial charge is 0.259 e. The van der Waals surface area contributed by atoms with Crippen molar-refractivity contribution >= 4 is 61.7 Å².